The Morgan fingerprint density at radius 2 is 1.74 bits per heavy atom. The topological polar surface area (TPSA) is 92.9 Å². The second kappa shape index (κ2) is 12.5. The molecule has 2 aromatic carbocycles. The summed E-state index contributed by atoms with van der Waals surface area (Å²) in [6, 6.07) is 10.0. The summed E-state index contributed by atoms with van der Waals surface area (Å²) in [5, 5.41) is 14.2. The van der Waals surface area contributed by atoms with Gasteiger partial charge in [-0.2, -0.15) is 0 Å². The molecule has 1 aliphatic heterocycles. The molecule has 248 valence electrons. The average Bonchev–Trinajstić information content (AvgIpc) is 3.41. The second-order valence-corrected chi connectivity index (χ2v) is 13.8. The summed E-state index contributed by atoms with van der Waals surface area (Å²) >= 11 is 0. The van der Waals surface area contributed by atoms with Crippen molar-refractivity contribution >= 4 is 11.6 Å². The zero-order valence-corrected chi connectivity index (χ0v) is 25.9. The molecule has 0 radical (unpaired) electrons. The molecule has 1 aliphatic carbocycles. The molecule has 0 atom stereocenters. The number of ether oxygens (including phenoxy) is 1. The number of alkyl halides is 3. The largest absolute Gasteiger partial charge is 0.573 e. The van der Waals surface area contributed by atoms with Gasteiger partial charge in [-0.1, -0.05) is 31.1 Å². The molecule has 7 nitrogen and oxygen atoms in total. The summed E-state index contributed by atoms with van der Waals surface area (Å²) in [5.74, 6) is -2.58. The number of benzene rings is 2. The highest BCUT2D eigenvalue weighted by atomic mass is 19.4. The lowest BCUT2D eigenvalue weighted by atomic mass is 9.68. The zero-order chi connectivity index (χ0) is 33.5. The van der Waals surface area contributed by atoms with Gasteiger partial charge in [0.25, 0.3) is 0 Å². The first-order chi connectivity index (χ1) is 21.4. The van der Waals surface area contributed by atoms with Crippen LogP contribution in [0.5, 0.6) is 5.75 Å². The molecule has 1 saturated heterocycles. The minimum absolute atomic E-state index is 0.0165. The van der Waals surface area contributed by atoms with Gasteiger partial charge in [-0.3, -0.25) is 14.5 Å². The zero-order valence-electron chi connectivity index (χ0n) is 25.9. The maximum Gasteiger partial charge on any atom is 0.573 e. The number of halogens is 5. The second-order valence-electron chi connectivity index (χ2n) is 13.8. The van der Waals surface area contributed by atoms with Crippen molar-refractivity contribution in [3.63, 3.8) is 0 Å². The maximum absolute atomic E-state index is 14.3. The van der Waals surface area contributed by atoms with E-state index < -0.39 is 40.2 Å². The van der Waals surface area contributed by atoms with Crippen LogP contribution in [0.3, 0.4) is 0 Å². The Balaban J connectivity index is 1.31. The summed E-state index contributed by atoms with van der Waals surface area (Å²) in [5.41, 5.74) is -1.86. The van der Waals surface area contributed by atoms with E-state index >= 15 is 0 Å². The van der Waals surface area contributed by atoms with Gasteiger partial charge >= 0.3 is 6.36 Å². The van der Waals surface area contributed by atoms with Crippen molar-refractivity contribution < 1.29 is 45.9 Å². The smallest absolute Gasteiger partial charge is 0.406 e. The fraction of sp³-hybridized carbons (Fsp3) is 0.500. The number of aliphatic hydroxyl groups is 1. The summed E-state index contributed by atoms with van der Waals surface area (Å²) in [7, 11) is 0. The van der Waals surface area contributed by atoms with E-state index in [0.717, 1.165) is 18.9 Å². The van der Waals surface area contributed by atoms with E-state index in [0.29, 0.717) is 37.6 Å². The van der Waals surface area contributed by atoms with E-state index in [1.165, 1.54) is 30.3 Å². The molecule has 0 bridgehead atoms. The first-order valence-corrected chi connectivity index (χ1v) is 15.2. The Morgan fingerprint density at radius 3 is 2.39 bits per heavy atom. The summed E-state index contributed by atoms with van der Waals surface area (Å²) < 4.78 is 75.4. The number of carbonyl (C=O) groups is 2. The summed E-state index contributed by atoms with van der Waals surface area (Å²) in [4.78, 5) is 29.3. The fourth-order valence-electron chi connectivity index (χ4n) is 6.79. The molecule has 2 heterocycles. The minimum atomic E-state index is -4.85. The van der Waals surface area contributed by atoms with Gasteiger partial charge < -0.3 is 14.4 Å². The van der Waals surface area contributed by atoms with E-state index in [9.17, 15) is 36.6 Å². The Hall–Kier alpha value is -3.64. The molecule has 5 rings (SSSR count). The van der Waals surface area contributed by atoms with Crippen molar-refractivity contribution in [3.05, 3.63) is 71.4 Å². The number of rotatable bonds is 11. The lowest BCUT2D eigenvalue weighted by Crippen LogP contribution is -2.62. The van der Waals surface area contributed by atoms with Gasteiger partial charge in [-0.05, 0) is 67.9 Å². The third-order valence-corrected chi connectivity index (χ3v) is 9.21. The number of likely N-dealkylation sites (tertiary alicyclic amines) is 1. The van der Waals surface area contributed by atoms with E-state index in [2.05, 4.69) is 14.8 Å². The first-order valence-electron chi connectivity index (χ1n) is 15.2. The molecule has 0 amide bonds. The molecule has 2 fully saturated rings. The molecular formula is C34H37F5N2O5. The van der Waals surface area contributed by atoms with Gasteiger partial charge in [-0.25, -0.2) is 8.78 Å². The number of Topliss-reactive ketones (excluding diaryl/α,β-unsaturated/α-hetero) is 2. The molecule has 0 spiro atoms. The van der Waals surface area contributed by atoms with Crippen molar-refractivity contribution in [2.45, 2.75) is 89.1 Å². The van der Waals surface area contributed by atoms with Crippen LogP contribution in [0.25, 0.3) is 11.3 Å². The molecule has 12 heteroatoms. The highest BCUT2D eigenvalue weighted by Gasteiger charge is 2.49. The Bertz CT molecular complexity index is 1580. The van der Waals surface area contributed by atoms with Crippen LogP contribution in [-0.4, -0.2) is 57.8 Å². The minimum Gasteiger partial charge on any atom is -0.406 e. The van der Waals surface area contributed by atoms with Gasteiger partial charge in [0, 0.05) is 55.9 Å². The third kappa shape index (κ3) is 8.01. The van der Waals surface area contributed by atoms with E-state index in [1.54, 1.807) is 19.9 Å². The highest BCUT2D eigenvalue weighted by Crippen LogP contribution is 2.44. The molecule has 1 aromatic heterocycles. The molecular weight excluding hydrogens is 611 g/mol. The van der Waals surface area contributed by atoms with Crippen LogP contribution in [0.1, 0.15) is 81.8 Å². The number of aromatic nitrogens is 1. The Morgan fingerprint density at radius 1 is 1.04 bits per heavy atom. The van der Waals surface area contributed by atoms with E-state index in [4.69, 9.17) is 4.52 Å². The highest BCUT2D eigenvalue weighted by molar-refractivity contribution is 5.96. The Kier molecular flexibility index (Phi) is 9.18. The fourth-order valence-corrected chi connectivity index (χ4v) is 6.79. The quantitative estimate of drug-likeness (QED) is 0.171. The van der Waals surface area contributed by atoms with Crippen LogP contribution in [0.2, 0.25) is 0 Å². The number of nitrogens with zero attached hydrogens (tertiary/aromatic N) is 2. The summed E-state index contributed by atoms with van der Waals surface area (Å²) in [6.07, 6.45) is -1.96. The van der Waals surface area contributed by atoms with Gasteiger partial charge in [0.15, 0.2) is 11.5 Å². The first kappa shape index (κ1) is 33.7. The number of hydrogen-bond donors (Lipinski definition) is 1. The van der Waals surface area contributed by atoms with Crippen LogP contribution < -0.4 is 4.74 Å². The predicted molar refractivity (Wildman–Crippen MR) is 158 cm³/mol. The van der Waals surface area contributed by atoms with Crippen molar-refractivity contribution in [2.75, 3.05) is 13.1 Å². The number of hydrogen-bond acceptors (Lipinski definition) is 7. The lowest BCUT2D eigenvalue weighted by Gasteiger charge is -2.55. The van der Waals surface area contributed by atoms with Crippen LogP contribution >= 0.6 is 0 Å². The van der Waals surface area contributed by atoms with Crippen LogP contribution in [0.15, 0.2) is 53.1 Å². The molecule has 1 saturated carbocycles. The lowest BCUT2D eigenvalue weighted by molar-refractivity contribution is -0.274. The van der Waals surface area contributed by atoms with E-state index in [1.807, 2.05) is 6.92 Å². The third-order valence-electron chi connectivity index (χ3n) is 9.21. The summed E-state index contributed by atoms with van der Waals surface area (Å²) in [6.45, 7) is 6.27. The predicted octanol–water partition coefficient (Wildman–Crippen LogP) is 7.41. The SMILES string of the molecule is CC1(O)CCC(N2CC(CC(=O)CC(C)(C)c3cccc(OC(F)(F)F)c3)(CC(=O)c3cc(-c4ccc(F)cc4F)on3)C2)CC1. The van der Waals surface area contributed by atoms with Crippen LogP contribution in [0.4, 0.5) is 22.0 Å². The molecule has 46 heavy (non-hydrogen) atoms. The monoisotopic (exact) mass is 648 g/mol. The standard InChI is InChI=1S/C34H37F5N2O5/c1-31(2,21-5-4-6-25(13-21)45-34(37,38)39)16-24(42)17-33(19-41(20-33)23-9-11-32(3,44)12-10-23)18-29(43)28-15-30(46-40-28)26-8-7-22(35)14-27(26)36/h4-8,13-15,23,44H,9-12,16-20H2,1-3H3. The van der Waals surface area contributed by atoms with Crippen LogP contribution in [0, 0.1) is 17.0 Å². The van der Waals surface area contributed by atoms with Crippen LogP contribution in [-0.2, 0) is 10.2 Å². The van der Waals surface area contributed by atoms with E-state index in [-0.39, 0.29) is 53.9 Å². The number of carbonyl (C=O) groups excluding carboxylic acids is 2. The maximum atomic E-state index is 14.3. The van der Waals surface area contributed by atoms with Gasteiger partial charge in [0.1, 0.15) is 28.9 Å². The normalized spacial score (nSPS) is 21.9. The average molecular weight is 649 g/mol. The van der Waals surface area contributed by atoms with Crippen molar-refractivity contribution in [1.29, 1.82) is 0 Å². The van der Waals surface area contributed by atoms with Crippen molar-refractivity contribution in [2.24, 2.45) is 5.41 Å². The van der Waals surface area contributed by atoms with Crippen molar-refractivity contribution in [3.8, 4) is 17.1 Å². The molecule has 2 aliphatic rings. The van der Waals surface area contributed by atoms with Gasteiger partial charge in [-0.15, -0.1) is 13.2 Å². The molecule has 3 aromatic rings. The molecule has 0 unspecified atom stereocenters. The van der Waals surface area contributed by atoms with Gasteiger partial charge in [0.05, 0.1) is 11.2 Å². The Labute approximate surface area is 263 Å². The number of ketones is 2. The molecule has 1 N–H and O–H groups in total. The van der Waals surface area contributed by atoms with Gasteiger partial charge in [0.2, 0.25) is 0 Å². The van der Waals surface area contributed by atoms with Crippen molar-refractivity contribution in [1.82, 2.24) is 10.1 Å².